The Kier molecular flexibility index (Phi) is 5.97. The Morgan fingerprint density at radius 3 is 2.53 bits per heavy atom. The third kappa shape index (κ3) is 4.13. The molecule has 0 aromatic heterocycles. The van der Waals surface area contributed by atoms with Crippen molar-refractivity contribution >= 4 is 57.5 Å². The van der Waals surface area contributed by atoms with Gasteiger partial charge >= 0.3 is 0 Å². The number of rotatable bonds is 4. The second kappa shape index (κ2) is 8.81. The van der Waals surface area contributed by atoms with Crippen molar-refractivity contribution < 1.29 is 24.5 Å². The van der Waals surface area contributed by atoms with E-state index in [0.29, 0.717) is 12.5 Å². The van der Waals surface area contributed by atoms with Gasteiger partial charge in [0.05, 0.1) is 21.3 Å². The number of carbonyl (C=O) groups is 2. The van der Waals surface area contributed by atoms with E-state index in [0.717, 1.165) is 24.3 Å². The second-order valence-electron chi connectivity index (χ2n) is 8.39. The number of aliphatic hydroxyl groups is 1. The molecule has 2 bridgehead atoms. The average molecular weight is 526 g/mol. The van der Waals surface area contributed by atoms with Gasteiger partial charge in [-0.15, -0.1) is 0 Å². The number of fused-ring (bicyclic) bond motifs is 2. The van der Waals surface area contributed by atoms with E-state index < -0.39 is 12.3 Å². The summed E-state index contributed by atoms with van der Waals surface area (Å²) >= 11 is 18.5. The van der Waals surface area contributed by atoms with Gasteiger partial charge in [0.1, 0.15) is 11.5 Å². The molecule has 178 valence electrons. The molecule has 1 saturated carbocycles. The number of aliphatic hydroxyl groups excluding tert-OH is 1. The summed E-state index contributed by atoms with van der Waals surface area (Å²) in [4.78, 5) is 26.4. The predicted molar refractivity (Wildman–Crippen MR) is 127 cm³/mol. The minimum absolute atomic E-state index is 0.0794. The molecule has 12 heteroatoms. The van der Waals surface area contributed by atoms with Crippen LogP contribution in [0.3, 0.4) is 0 Å². The number of nitrogens with zero attached hydrogens (tertiary/aromatic N) is 3. The van der Waals surface area contributed by atoms with E-state index in [4.69, 9.17) is 39.5 Å². The number of piperidine rings is 1. The Hall–Kier alpha value is -2.72. The fourth-order valence-electron chi connectivity index (χ4n) is 4.60. The van der Waals surface area contributed by atoms with Crippen molar-refractivity contribution in [2.24, 2.45) is 11.0 Å². The lowest BCUT2D eigenvalue weighted by atomic mass is 10.1. The molecule has 3 aliphatic rings. The number of hydrogen-bond acceptors (Lipinski definition) is 7. The molecule has 5 rings (SSSR count). The van der Waals surface area contributed by atoms with Gasteiger partial charge in [0, 0.05) is 12.6 Å². The number of likely N-dealkylation sites (tertiary alicyclic amines) is 1. The monoisotopic (exact) mass is 524 g/mol. The van der Waals surface area contributed by atoms with Crippen molar-refractivity contribution in [3.05, 3.63) is 45.9 Å². The van der Waals surface area contributed by atoms with E-state index in [1.54, 1.807) is 0 Å². The van der Waals surface area contributed by atoms with Crippen LogP contribution in [0, 0.1) is 5.92 Å². The van der Waals surface area contributed by atoms with Gasteiger partial charge in [0.15, 0.2) is 5.75 Å². The van der Waals surface area contributed by atoms with Gasteiger partial charge in [-0.25, -0.2) is 5.01 Å². The van der Waals surface area contributed by atoms with Crippen molar-refractivity contribution in [2.75, 3.05) is 11.6 Å². The second-order valence-corrected chi connectivity index (χ2v) is 9.56. The molecule has 2 heterocycles. The molecule has 3 N–H and O–H groups in total. The number of amides is 2. The van der Waals surface area contributed by atoms with Crippen molar-refractivity contribution in [3.63, 3.8) is 0 Å². The third-order valence-electron chi connectivity index (χ3n) is 6.21. The molecule has 1 unspecified atom stereocenters. The van der Waals surface area contributed by atoms with Gasteiger partial charge in [-0.1, -0.05) is 34.8 Å². The molecule has 2 aliphatic heterocycles. The zero-order valence-corrected chi connectivity index (χ0v) is 19.8. The number of aromatic hydroxyl groups is 1. The molecule has 0 radical (unpaired) electrons. The Labute approximate surface area is 209 Å². The molecule has 0 spiro atoms. The largest absolute Gasteiger partial charge is 0.507 e. The molecule has 34 heavy (non-hydrogen) atoms. The number of benzene rings is 2. The number of nitrogens with one attached hydrogen (secondary N) is 1. The maximum atomic E-state index is 13.1. The van der Waals surface area contributed by atoms with Gasteiger partial charge in [-0.05, 0) is 55.5 Å². The van der Waals surface area contributed by atoms with Crippen LogP contribution in [0.2, 0.25) is 10.0 Å². The van der Waals surface area contributed by atoms with Crippen LogP contribution in [0.25, 0.3) is 0 Å². The van der Waals surface area contributed by atoms with Crippen molar-refractivity contribution in [3.8, 4) is 17.2 Å². The molecular weight excluding hydrogens is 507 g/mol. The summed E-state index contributed by atoms with van der Waals surface area (Å²) in [6, 6.07) is 7.39. The fourth-order valence-corrected chi connectivity index (χ4v) is 5.29. The molecule has 3 atom stereocenters. The van der Waals surface area contributed by atoms with Gasteiger partial charge in [-0.2, -0.15) is 5.10 Å². The highest BCUT2D eigenvalue weighted by molar-refractivity contribution is 6.83. The summed E-state index contributed by atoms with van der Waals surface area (Å²) in [5, 5.41) is 27.3. The number of hydrogen-bond donors (Lipinski definition) is 3. The molecular formula is C22H19Cl3N4O5. The molecule has 2 amide bonds. The Morgan fingerprint density at radius 1 is 1.15 bits per heavy atom. The number of ether oxygens (including phenoxy) is 1. The van der Waals surface area contributed by atoms with E-state index in [1.807, 2.05) is 4.90 Å². The quantitative estimate of drug-likeness (QED) is 0.558. The van der Waals surface area contributed by atoms with Crippen molar-refractivity contribution in [1.82, 2.24) is 10.2 Å². The van der Waals surface area contributed by atoms with Crippen molar-refractivity contribution in [1.29, 1.82) is 0 Å². The average Bonchev–Trinajstić information content (AvgIpc) is 3.43. The molecule has 2 aromatic rings. The maximum absolute atomic E-state index is 13.1. The summed E-state index contributed by atoms with van der Waals surface area (Å²) < 4.78 is 5.86. The van der Waals surface area contributed by atoms with Crippen LogP contribution < -0.4 is 15.1 Å². The summed E-state index contributed by atoms with van der Waals surface area (Å²) in [7, 11) is 0. The topological polar surface area (TPSA) is 115 Å². The number of phenols is 1. The SMILES string of the molecule is O=C1NC(O)N(c2cc(Cl)c(Oc3ccc(O)c(C(=O)N4C[C@@H]5CC[C@H]4C5)c3)c(Cl)c2)N=C1Cl. The summed E-state index contributed by atoms with van der Waals surface area (Å²) in [6.07, 6.45) is 1.65. The van der Waals surface area contributed by atoms with Crippen molar-refractivity contribution in [2.45, 2.75) is 31.7 Å². The van der Waals surface area contributed by atoms with E-state index in [1.165, 1.54) is 30.3 Å². The Morgan fingerprint density at radius 2 is 1.88 bits per heavy atom. The molecule has 9 nitrogen and oxygen atoms in total. The predicted octanol–water partition coefficient (Wildman–Crippen LogP) is 3.88. The molecule has 2 fully saturated rings. The number of halogens is 3. The number of carbonyl (C=O) groups excluding carboxylic acids is 2. The number of anilines is 1. The van der Waals surface area contributed by atoms with Crippen LogP contribution >= 0.6 is 34.8 Å². The van der Waals surface area contributed by atoms with Crippen LogP contribution in [0.1, 0.15) is 29.6 Å². The Bertz CT molecular complexity index is 1200. The normalized spacial score (nSPS) is 23.7. The molecule has 1 saturated heterocycles. The summed E-state index contributed by atoms with van der Waals surface area (Å²) in [5.41, 5.74) is 0.392. The van der Waals surface area contributed by atoms with Gasteiger partial charge in [0.25, 0.3) is 11.8 Å². The van der Waals surface area contributed by atoms with Gasteiger partial charge in [0.2, 0.25) is 11.5 Å². The minimum Gasteiger partial charge on any atom is -0.507 e. The highest BCUT2D eigenvalue weighted by atomic mass is 35.5. The van der Waals surface area contributed by atoms with E-state index >= 15 is 0 Å². The first-order valence-electron chi connectivity index (χ1n) is 10.5. The first-order valence-corrected chi connectivity index (χ1v) is 11.7. The summed E-state index contributed by atoms with van der Waals surface area (Å²) in [5.74, 6) is -0.211. The minimum atomic E-state index is -1.47. The van der Waals surface area contributed by atoms with Gasteiger partial charge in [-0.3, -0.25) is 9.59 Å². The fraction of sp³-hybridized carbons (Fsp3) is 0.318. The highest BCUT2D eigenvalue weighted by Crippen LogP contribution is 2.42. The van der Waals surface area contributed by atoms with Crippen LogP contribution in [0.15, 0.2) is 35.4 Å². The van der Waals surface area contributed by atoms with Crippen LogP contribution in [-0.4, -0.2) is 51.0 Å². The lowest BCUT2D eigenvalue weighted by molar-refractivity contribution is -0.118. The molecule has 2 aromatic carbocycles. The lowest BCUT2D eigenvalue weighted by Crippen LogP contribution is -2.52. The summed E-state index contributed by atoms with van der Waals surface area (Å²) in [6.45, 7) is 0.697. The molecule has 1 aliphatic carbocycles. The highest BCUT2D eigenvalue weighted by Gasteiger charge is 2.41. The number of phenolic OH excluding ortho intramolecular Hbond substituents is 1. The van der Waals surface area contributed by atoms with Gasteiger partial charge < -0.3 is 25.2 Å². The smallest absolute Gasteiger partial charge is 0.286 e. The zero-order chi connectivity index (χ0) is 24.1. The van der Waals surface area contributed by atoms with Crippen LogP contribution in [0.5, 0.6) is 17.2 Å². The third-order valence-corrected chi connectivity index (χ3v) is 7.02. The zero-order valence-electron chi connectivity index (χ0n) is 17.5. The Balaban J connectivity index is 1.40. The maximum Gasteiger partial charge on any atom is 0.286 e. The van der Waals surface area contributed by atoms with Crippen LogP contribution in [-0.2, 0) is 4.79 Å². The van der Waals surface area contributed by atoms with E-state index in [9.17, 15) is 19.8 Å². The first kappa shape index (κ1) is 23.0. The lowest BCUT2D eigenvalue weighted by Gasteiger charge is -2.29. The first-order chi connectivity index (χ1) is 16.2. The van der Waals surface area contributed by atoms with Crippen LogP contribution in [0.4, 0.5) is 5.69 Å². The van der Waals surface area contributed by atoms with E-state index in [2.05, 4.69) is 10.4 Å². The number of hydrazone groups is 1. The standard InChI is InChI=1S/C22H19Cl3N4O5/c23-15-6-12(29-22(33)26-20(31)19(25)27-29)7-16(24)18(15)34-13-3-4-17(30)14(8-13)21(32)28-9-10-1-2-11(28)5-10/h3-4,6-8,10-11,22,30,33H,1-2,5,9H2,(H,26,31)/t10-,11+,22?/m1/s1. The van der Waals surface area contributed by atoms with E-state index in [-0.39, 0.29) is 55.7 Å².